The standard InChI is InChI=1S/C20H31NO7/c1-9-25-17(23)16-15(14(11(2)22)12(3)27-16)13-10-26-20(7,8)21(13)18(24)28-19(4,5)6/h13,15-16H,9-10H2,1-8H3/t13-,15-,16-/m0/s1. The van der Waals surface area contributed by atoms with Gasteiger partial charge < -0.3 is 18.9 Å². The summed E-state index contributed by atoms with van der Waals surface area (Å²) in [5, 5.41) is 0. The zero-order chi connectivity index (χ0) is 21.4. The Kier molecular flexibility index (Phi) is 6.13. The van der Waals surface area contributed by atoms with Crippen molar-refractivity contribution in [2.75, 3.05) is 13.2 Å². The molecular formula is C20H31NO7. The second-order valence-electron chi connectivity index (χ2n) is 8.52. The van der Waals surface area contributed by atoms with Crippen LogP contribution in [-0.4, -0.2) is 59.4 Å². The number of hydrogen-bond acceptors (Lipinski definition) is 7. The summed E-state index contributed by atoms with van der Waals surface area (Å²) in [6.07, 6.45) is -1.60. The van der Waals surface area contributed by atoms with Gasteiger partial charge >= 0.3 is 12.1 Å². The zero-order valence-corrected chi connectivity index (χ0v) is 18.0. The highest BCUT2D eigenvalue weighted by molar-refractivity contribution is 5.96. The van der Waals surface area contributed by atoms with Crippen LogP contribution in [0.4, 0.5) is 4.79 Å². The molecule has 3 atom stereocenters. The third-order valence-electron chi connectivity index (χ3n) is 4.76. The first-order chi connectivity index (χ1) is 12.8. The molecule has 0 spiro atoms. The number of ketones is 1. The third kappa shape index (κ3) is 4.32. The number of amides is 1. The first kappa shape index (κ1) is 22.2. The summed E-state index contributed by atoms with van der Waals surface area (Å²) in [6, 6.07) is -0.615. The monoisotopic (exact) mass is 397 g/mol. The van der Waals surface area contributed by atoms with Crippen molar-refractivity contribution in [3.63, 3.8) is 0 Å². The van der Waals surface area contributed by atoms with Crippen molar-refractivity contribution in [1.82, 2.24) is 4.90 Å². The molecule has 0 radical (unpaired) electrons. The molecule has 1 fully saturated rings. The maximum absolute atomic E-state index is 13.0. The number of hydrogen-bond donors (Lipinski definition) is 0. The van der Waals surface area contributed by atoms with E-state index in [1.807, 2.05) is 0 Å². The Hall–Kier alpha value is -2.09. The molecule has 0 N–H and O–H groups in total. The van der Waals surface area contributed by atoms with Gasteiger partial charge in [-0.25, -0.2) is 9.59 Å². The SMILES string of the molecule is CCOC(=O)[C@H]1OC(C)=C(C(C)=O)[C@@H]1[C@@H]1COC(C)(C)N1C(=O)OC(C)(C)C. The van der Waals surface area contributed by atoms with Crippen LogP contribution in [0.2, 0.25) is 0 Å². The maximum atomic E-state index is 13.0. The predicted molar refractivity (Wildman–Crippen MR) is 100 cm³/mol. The highest BCUT2D eigenvalue weighted by Gasteiger charge is 2.56. The molecule has 158 valence electrons. The van der Waals surface area contributed by atoms with E-state index in [-0.39, 0.29) is 19.0 Å². The minimum absolute atomic E-state index is 0.139. The van der Waals surface area contributed by atoms with E-state index in [1.54, 1.807) is 48.5 Å². The summed E-state index contributed by atoms with van der Waals surface area (Å²) in [7, 11) is 0. The lowest BCUT2D eigenvalue weighted by Gasteiger charge is -2.37. The molecule has 0 unspecified atom stereocenters. The summed E-state index contributed by atoms with van der Waals surface area (Å²) in [5.74, 6) is -1.13. The van der Waals surface area contributed by atoms with Crippen LogP contribution >= 0.6 is 0 Å². The number of rotatable bonds is 4. The van der Waals surface area contributed by atoms with Crippen LogP contribution in [0.1, 0.15) is 55.4 Å². The summed E-state index contributed by atoms with van der Waals surface area (Å²) in [6.45, 7) is 13.9. The second kappa shape index (κ2) is 7.73. The lowest BCUT2D eigenvalue weighted by atomic mass is 9.85. The predicted octanol–water partition coefficient (Wildman–Crippen LogP) is 2.80. The van der Waals surface area contributed by atoms with Crippen molar-refractivity contribution in [2.45, 2.75) is 78.9 Å². The molecule has 0 aliphatic carbocycles. The Morgan fingerprint density at radius 3 is 2.36 bits per heavy atom. The van der Waals surface area contributed by atoms with Crippen LogP contribution in [0.3, 0.4) is 0 Å². The van der Waals surface area contributed by atoms with E-state index in [2.05, 4.69) is 0 Å². The van der Waals surface area contributed by atoms with Crippen molar-refractivity contribution in [2.24, 2.45) is 5.92 Å². The Labute approximate surface area is 166 Å². The minimum atomic E-state index is -1.02. The Morgan fingerprint density at radius 1 is 1.25 bits per heavy atom. The Balaban J connectivity index is 2.47. The topological polar surface area (TPSA) is 91.4 Å². The average Bonchev–Trinajstić information content (AvgIpc) is 3.02. The molecule has 1 amide bonds. The summed E-state index contributed by atoms with van der Waals surface area (Å²) in [5.41, 5.74) is -1.30. The number of carbonyl (C=O) groups is 3. The number of allylic oxidation sites excluding steroid dienone is 1. The normalized spacial score (nSPS) is 26.9. The van der Waals surface area contributed by atoms with E-state index in [0.29, 0.717) is 11.3 Å². The lowest BCUT2D eigenvalue weighted by molar-refractivity contribution is -0.156. The van der Waals surface area contributed by atoms with Crippen molar-refractivity contribution in [1.29, 1.82) is 0 Å². The fourth-order valence-corrected chi connectivity index (χ4v) is 3.77. The molecule has 8 heteroatoms. The van der Waals surface area contributed by atoms with E-state index in [0.717, 1.165) is 0 Å². The van der Waals surface area contributed by atoms with Crippen LogP contribution in [0.25, 0.3) is 0 Å². The van der Waals surface area contributed by atoms with Gasteiger partial charge in [-0.05, 0) is 55.4 Å². The van der Waals surface area contributed by atoms with E-state index < -0.39 is 41.5 Å². The van der Waals surface area contributed by atoms with Crippen molar-refractivity contribution >= 4 is 17.8 Å². The van der Waals surface area contributed by atoms with Gasteiger partial charge in [-0.1, -0.05) is 0 Å². The molecule has 0 aromatic carbocycles. The van der Waals surface area contributed by atoms with Crippen molar-refractivity contribution in [3.8, 4) is 0 Å². The molecule has 0 bridgehead atoms. The van der Waals surface area contributed by atoms with Gasteiger partial charge in [0.25, 0.3) is 0 Å². The molecule has 2 heterocycles. The molecule has 2 rings (SSSR count). The fourth-order valence-electron chi connectivity index (χ4n) is 3.77. The van der Waals surface area contributed by atoms with Gasteiger partial charge in [0.05, 0.1) is 25.2 Å². The quantitative estimate of drug-likeness (QED) is 0.674. The number of ether oxygens (including phenoxy) is 4. The molecule has 1 saturated heterocycles. The van der Waals surface area contributed by atoms with Crippen LogP contribution in [0.5, 0.6) is 0 Å². The van der Waals surface area contributed by atoms with Crippen LogP contribution in [0.15, 0.2) is 11.3 Å². The molecule has 0 saturated carbocycles. The Bertz CT molecular complexity index is 689. The largest absolute Gasteiger partial charge is 0.482 e. The van der Waals surface area contributed by atoms with Crippen molar-refractivity contribution in [3.05, 3.63) is 11.3 Å². The summed E-state index contributed by atoms with van der Waals surface area (Å²) in [4.78, 5) is 39.3. The highest BCUT2D eigenvalue weighted by atomic mass is 16.6. The van der Waals surface area contributed by atoms with Gasteiger partial charge in [0.1, 0.15) is 17.1 Å². The third-order valence-corrected chi connectivity index (χ3v) is 4.76. The van der Waals surface area contributed by atoms with Crippen LogP contribution in [0, 0.1) is 5.92 Å². The van der Waals surface area contributed by atoms with Gasteiger partial charge in [0.2, 0.25) is 6.10 Å². The molecule has 0 aromatic rings. The molecule has 2 aliphatic heterocycles. The van der Waals surface area contributed by atoms with Gasteiger partial charge in [-0.15, -0.1) is 0 Å². The van der Waals surface area contributed by atoms with Gasteiger partial charge in [-0.3, -0.25) is 9.69 Å². The molecule has 28 heavy (non-hydrogen) atoms. The first-order valence-corrected chi connectivity index (χ1v) is 9.51. The van der Waals surface area contributed by atoms with Gasteiger partial charge in [0, 0.05) is 5.57 Å². The second-order valence-corrected chi connectivity index (χ2v) is 8.52. The molecule has 8 nitrogen and oxygen atoms in total. The number of Topliss-reactive ketones (excluding diaryl/α,β-unsaturated/α-hetero) is 1. The minimum Gasteiger partial charge on any atom is -0.482 e. The van der Waals surface area contributed by atoms with Crippen molar-refractivity contribution < 1.29 is 33.3 Å². The molecular weight excluding hydrogens is 366 g/mol. The number of carbonyl (C=O) groups excluding carboxylic acids is 3. The van der Waals surface area contributed by atoms with E-state index in [4.69, 9.17) is 18.9 Å². The van der Waals surface area contributed by atoms with E-state index in [9.17, 15) is 14.4 Å². The number of nitrogens with zero attached hydrogens (tertiary/aromatic N) is 1. The highest BCUT2D eigenvalue weighted by Crippen LogP contribution is 2.42. The molecule has 2 aliphatic rings. The van der Waals surface area contributed by atoms with Crippen LogP contribution < -0.4 is 0 Å². The van der Waals surface area contributed by atoms with E-state index >= 15 is 0 Å². The van der Waals surface area contributed by atoms with Gasteiger partial charge in [-0.2, -0.15) is 0 Å². The fraction of sp³-hybridized carbons (Fsp3) is 0.750. The lowest BCUT2D eigenvalue weighted by Crippen LogP contribution is -2.54. The van der Waals surface area contributed by atoms with Crippen LogP contribution in [-0.2, 0) is 28.5 Å². The first-order valence-electron chi connectivity index (χ1n) is 9.51. The summed E-state index contributed by atoms with van der Waals surface area (Å²) >= 11 is 0. The van der Waals surface area contributed by atoms with E-state index in [1.165, 1.54) is 11.8 Å². The zero-order valence-electron chi connectivity index (χ0n) is 18.0. The summed E-state index contributed by atoms with van der Waals surface area (Å²) < 4.78 is 22.3. The maximum Gasteiger partial charge on any atom is 0.412 e. The molecule has 0 aromatic heterocycles. The number of esters is 1. The Morgan fingerprint density at radius 2 is 1.86 bits per heavy atom. The van der Waals surface area contributed by atoms with Gasteiger partial charge in [0.15, 0.2) is 5.78 Å². The smallest absolute Gasteiger partial charge is 0.412 e. The average molecular weight is 397 g/mol.